The van der Waals surface area contributed by atoms with E-state index in [4.69, 9.17) is 21.5 Å². The predicted molar refractivity (Wildman–Crippen MR) is 106 cm³/mol. The van der Waals surface area contributed by atoms with Gasteiger partial charge in [0.05, 0.1) is 0 Å². The van der Waals surface area contributed by atoms with E-state index in [1.165, 1.54) is 6.20 Å². The second-order valence-electron chi connectivity index (χ2n) is 6.12. The van der Waals surface area contributed by atoms with Gasteiger partial charge in [0, 0.05) is 29.0 Å². The van der Waals surface area contributed by atoms with E-state index in [0.29, 0.717) is 23.2 Å². The fraction of sp³-hybridized carbons (Fsp3) is 0.421. The fourth-order valence-corrected chi connectivity index (χ4v) is 2.72. The summed E-state index contributed by atoms with van der Waals surface area (Å²) in [7, 11) is 0. The molecular formula is C19H24ClF3N4O2. The summed E-state index contributed by atoms with van der Waals surface area (Å²) in [6.07, 6.45) is -1.38. The van der Waals surface area contributed by atoms with Gasteiger partial charge >= 0.3 is 6.18 Å². The van der Waals surface area contributed by atoms with E-state index in [1.807, 2.05) is 0 Å². The van der Waals surface area contributed by atoms with E-state index in [-0.39, 0.29) is 24.5 Å². The van der Waals surface area contributed by atoms with Crippen LogP contribution in [0.5, 0.6) is 0 Å². The highest BCUT2D eigenvalue weighted by Crippen LogP contribution is 2.31. The molecular weight excluding hydrogens is 409 g/mol. The van der Waals surface area contributed by atoms with Gasteiger partial charge in [-0.3, -0.25) is 4.79 Å². The number of alkyl halides is 3. The molecule has 0 radical (unpaired) electrons. The average Bonchev–Trinajstić information content (AvgIpc) is 2.66. The second-order valence-corrected chi connectivity index (χ2v) is 6.56. The molecule has 0 aliphatic heterocycles. The molecule has 3 N–H and O–H groups in total. The standard InChI is InChI=1S/C18H22ClF3N4.CH2O2/c1-3-12(4-2)9-23-10-13-11-24-17(26-16(13)18(20,21)22)25-15-7-5-6-14(19)8-15;2-1-3/h5-8,11-12,23H,3-4,9-10H2,1-2H3,(H,24,25,26);1H,(H,2,3). The number of nitrogens with one attached hydrogen (secondary N) is 2. The third-order valence-electron chi connectivity index (χ3n) is 4.12. The number of halogens is 4. The number of carboxylic acid groups (broad SMARTS) is 1. The predicted octanol–water partition coefficient (Wildman–Crippen LogP) is 5.12. The third-order valence-corrected chi connectivity index (χ3v) is 4.35. The number of nitrogens with zero attached hydrogens (tertiary/aromatic N) is 2. The highest BCUT2D eigenvalue weighted by Gasteiger charge is 2.36. The van der Waals surface area contributed by atoms with Crippen LogP contribution in [0.25, 0.3) is 0 Å². The minimum Gasteiger partial charge on any atom is -0.483 e. The zero-order valence-electron chi connectivity index (χ0n) is 16.1. The Kier molecular flexibility index (Phi) is 10.4. The summed E-state index contributed by atoms with van der Waals surface area (Å²) in [6.45, 7) is 4.61. The average molecular weight is 433 g/mol. The van der Waals surface area contributed by atoms with Gasteiger partial charge in [0.2, 0.25) is 5.95 Å². The molecule has 0 bridgehead atoms. The van der Waals surface area contributed by atoms with Crippen molar-refractivity contribution in [3.05, 3.63) is 46.7 Å². The molecule has 6 nitrogen and oxygen atoms in total. The van der Waals surface area contributed by atoms with Gasteiger partial charge in [-0.2, -0.15) is 13.2 Å². The number of carbonyl (C=O) groups is 1. The molecule has 1 aromatic carbocycles. The van der Waals surface area contributed by atoms with E-state index >= 15 is 0 Å². The molecule has 0 atom stereocenters. The Hall–Kier alpha value is -2.39. The van der Waals surface area contributed by atoms with Crippen molar-refractivity contribution in [1.29, 1.82) is 0 Å². The summed E-state index contributed by atoms with van der Waals surface area (Å²) in [6, 6.07) is 6.62. The number of benzene rings is 1. The molecule has 2 aromatic rings. The maximum Gasteiger partial charge on any atom is 0.433 e. The highest BCUT2D eigenvalue weighted by molar-refractivity contribution is 6.30. The summed E-state index contributed by atoms with van der Waals surface area (Å²) < 4.78 is 40.1. The smallest absolute Gasteiger partial charge is 0.433 e. The highest BCUT2D eigenvalue weighted by atomic mass is 35.5. The SMILES string of the molecule is CCC(CC)CNCc1cnc(Nc2cccc(Cl)c2)nc1C(F)(F)F.O=CO. The van der Waals surface area contributed by atoms with Crippen molar-refractivity contribution < 1.29 is 23.1 Å². The maximum absolute atomic E-state index is 13.4. The van der Waals surface area contributed by atoms with Crippen LogP contribution in [0.1, 0.15) is 37.9 Å². The van der Waals surface area contributed by atoms with Crippen LogP contribution in [0, 0.1) is 5.92 Å². The first-order chi connectivity index (χ1) is 13.7. The van der Waals surface area contributed by atoms with Crippen LogP contribution in [-0.4, -0.2) is 28.1 Å². The van der Waals surface area contributed by atoms with Crippen LogP contribution in [0.15, 0.2) is 30.5 Å². The lowest BCUT2D eigenvalue weighted by molar-refractivity contribution is -0.141. The minimum absolute atomic E-state index is 0.0279. The van der Waals surface area contributed by atoms with Crippen molar-refractivity contribution in [2.45, 2.75) is 39.4 Å². The molecule has 0 aliphatic carbocycles. The molecule has 160 valence electrons. The van der Waals surface area contributed by atoms with Crippen LogP contribution in [-0.2, 0) is 17.5 Å². The summed E-state index contributed by atoms with van der Waals surface area (Å²) in [5.41, 5.74) is -0.389. The monoisotopic (exact) mass is 432 g/mol. The molecule has 0 aliphatic rings. The van der Waals surface area contributed by atoms with Gasteiger partial charge in [-0.15, -0.1) is 0 Å². The van der Waals surface area contributed by atoms with E-state index in [2.05, 4.69) is 34.4 Å². The van der Waals surface area contributed by atoms with E-state index in [9.17, 15) is 13.2 Å². The summed E-state index contributed by atoms with van der Waals surface area (Å²) in [5, 5.41) is 13.2. The molecule has 0 unspecified atom stereocenters. The van der Waals surface area contributed by atoms with Crippen molar-refractivity contribution in [2.75, 3.05) is 11.9 Å². The maximum atomic E-state index is 13.4. The molecule has 29 heavy (non-hydrogen) atoms. The van der Waals surface area contributed by atoms with Gasteiger partial charge in [0.25, 0.3) is 6.47 Å². The Labute approximate surface area is 172 Å². The van der Waals surface area contributed by atoms with Gasteiger partial charge in [-0.1, -0.05) is 44.4 Å². The largest absolute Gasteiger partial charge is 0.483 e. The Balaban J connectivity index is 0.00000132. The van der Waals surface area contributed by atoms with Gasteiger partial charge in [0.15, 0.2) is 5.69 Å². The van der Waals surface area contributed by atoms with Crippen LogP contribution in [0.3, 0.4) is 0 Å². The van der Waals surface area contributed by atoms with Crippen molar-refractivity contribution in [3.63, 3.8) is 0 Å². The lowest BCUT2D eigenvalue weighted by Crippen LogP contribution is -2.24. The molecule has 1 aromatic heterocycles. The van der Waals surface area contributed by atoms with Crippen molar-refractivity contribution in [2.24, 2.45) is 5.92 Å². The normalized spacial score (nSPS) is 11.0. The minimum atomic E-state index is -4.56. The second kappa shape index (κ2) is 12.2. The molecule has 1 heterocycles. The molecule has 0 amide bonds. The van der Waals surface area contributed by atoms with Crippen molar-refractivity contribution in [1.82, 2.24) is 15.3 Å². The Morgan fingerprint density at radius 1 is 1.28 bits per heavy atom. The molecule has 10 heteroatoms. The fourth-order valence-electron chi connectivity index (χ4n) is 2.53. The quantitative estimate of drug-likeness (QED) is 0.502. The lowest BCUT2D eigenvalue weighted by atomic mass is 10.0. The molecule has 2 rings (SSSR count). The topological polar surface area (TPSA) is 87.1 Å². The van der Waals surface area contributed by atoms with Gasteiger partial charge in [-0.05, 0) is 30.7 Å². The van der Waals surface area contributed by atoms with Crippen LogP contribution >= 0.6 is 11.6 Å². The Morgan fingerprint density at radius 3 is 2.48 bits per heavy atom. The molecule has 0 saturated heterocycles. The summed E-state index contributed by atoms with van der Waals surface area (Å²) in [5.74, 6) is 0.317. The zero-order chi connectivity index (χ0) is 21.9. The van der Waals surface area contributed by atoms with E-state index < -0.39 is 11.9 Å². The zero-order valence-corrected chi connectivity index (χ0v) is 16.9. The van der Waals surface area contributed by atoms with Gasteiger partial charge in [0.1, 0.15) is 0 Å². The number of hydrogen-bond acceptors (Lipinski definition) is 5. The number of rotatable bonds is 8. The molecule has 0 saturated carbocycles. The molecule has 0 spiro atoms. The Morgan fingerprint density at radius 2 is 1.93 bits per heavy atom. The number of aromatic nitrogens is 2. The summed E-state index contributed by atoms with van der Waals surface area (Å²) in [4.78, 5) is 16.0. The van der Waals surface area contributed by atoms with E-state index in [0.717, 1.165) is 12.8 Å². The van der Waals surface area contributed by atoms with Crippen molar-refractivity contribution in [3.8, 4) is 0 Å². The first-order valence-electron chi connectivity index (χ1n) is 8.99. The van der Waals surface area contributed by atoms with Crippen LogP contribution < -0.4 is 10.6 Å². The Bertz CT molecular complexity index is 771. The van der Waals surface area contributed by atoms with Crippen LogP contribution in [0.2, 0.25) is 5.02 Å². The first kappa shape index (κ1) is 24.6. The lowest BCUT2D eigenvalue weighted by Gasteiger charge is -2.16. The van der Waals surface area contributed by atoms with Gasteiger partial charge in [-0.25, -0.2) is 9.97 Å². The van der Waals surface area contributed by atoms with Crippen LogP contribution in [0.4, 0.5) is 24.8 Å². The third kappa shape index (κ3) is 8.66. The number of anilines is 2. The molecule has 0 fully saturated rings. The van der Waals surface area contributed by atoms with E-state index in [1.54, 1.807) is 24.3 Å². The number of hydrogen-bond donors (Lipinski definition) is 3. The first-order valence-corrected chi connectivity index (χ1v) is 9.37. The van der Waals surface area contributed by atoms with Gasteiger partial charge < -0.3 is 15.7 Å². The van der Waals surface area contributed by atoms with Crippen molar-refractivity contribution >= 4 is 29.7 Å². The summed E-state index contributed by atoms with van der Waals surface area (Å²) >= 11 is 5.88.